The summed E-state index contributed by atoms with van der Waals surface area (Å²) in [5.41, 5.74) is -3.73. The Bertz CT molecular complexity index is 916. The van der Waals surface area contributed by atoms with Crippen LogP contribution in [0, 0.1) is 12.7 Å². The molecule has 0 bridgehead atoms. The maximum atomic E-state index is 15.4. The largest absolute Gasteiger partial charge is 0.377 e. The lowest BCUT2D eigenvalue weighted by Gasteiger charge is -2.36. The van der Waals surface area contributed by atoms with Crippen LogP contribution in [0.3, 0.4) is 0 Å². The summed E-state index contributed by atoms with van der Waals surface area (Å²) in [6.07, 6.45) is 2.40. The van der Waals surface area contributed by atoms with Crippen LogP contribution in [0.2, 0.25) is 0 Å². The van der Waals surface area contributed by atoms with Gasteiger partial charge in [-0.15, -0.1) is 0 Å². The molecular formula is C17H14BrF3N4O. The molecule has 0 amide bonds. The van der Waals surface area contributed by atoms with Gasteiger partial charge in [0.05, 0.1) is 6.54 Å². The average Bonchev–Trinajstić information content (AvgIpc) is 2.99. The third-order valence-electron chi connectivity index (χ3n) is 4.06. The van der Waals surface area contributed by atoms with E-state index in [1.807, 2.05) is 0 Å². The molecule has 0 aliphatic heterocycles. The van der Waals surface area contributed by atoms with Gasteiger partial charge in [-0.25, -0.2) is 14.1 Å². The van der Waals surface area contributed by atoms with Gasteiger partial charge in [0.15, 0.2) is 5.60 Å². The van der Waals surface area contributed by atoms with Crippen molar-refractivity contribution < 1.29 is 18.3 Å². The van der Waals surface area contributed by atoms with Gasteiger partial charge in [-0.2, -0.15) is 13.9 Å². The van der Waals surface area contributed by atoms with Crippen molar-refractivity contribution in [2.75, 3.05) is 0 Å². The number of aliphatic hydroxyl groups is 1. The predicted octanol–water partition coefficient (Wildman–Crippen LogP) is 3.56. The van der Waals surface area contributed by atoms with Crippen LogP contribution in [0.25, 0.3) is 0 Å². The van der Waals surface area contributed by atoms with E-state index in [1.54, 1.807) is 6.92 Å². The highest BCUT2D eigenvalue weighted by atomic mass is 79.9. The smallest absolute Gasteiger partial charge is 0.323 e. The molecular weight excluding hydrogens is 413 g/mol. The lowest BCUT2D eigenvalue weighted by molar-refractivity contribution is -0.206. The summed E-state index contributed by atoms with van der Waals surface area (Å²) in [7, 11) is 0. The Kier molecular flexibility index (Phi) is 4.85. The van der Waals surface area contributed by atoms with E-state index in [0.29, 0.717) is 10.3 Å². The van der Waals surface area contributed by atoms with Gasteiger partial charge in [-0.05, 0) is 52.7 Å². The number of nitrogens with zero attached hydrogens (tertiary/aromatic N) is 4. The summed E-state index contributed by atoms with van der Waals surface area (Å²) >= 11 is 3.13. The molecule has 3 rings (SSSR count). The molecule has 2 heterocycles. The second-order valence-electron chi connectivity index (χ2n) is 5.77. The quantitative estimate of drug-likeness (QED) is 0.677. The molecule has 3 aromatic rings. The van der Waals surface area contributed by atoms with E-state index in [-0.39, 0.29) is 5.56 Å². The number of benzene rings is 1. The molecule has 1 unspecified atom stereocenters. The molecule has 136 valence electrons. The van der Waals surface area contributed by atoms with Gasteiger partial charge < -0.3 is 5.11 Å². The fourth-order valence-electron chi connectivity index (χ4n) is 2.58. The van der Waals surface area contributed by atoms with Gasteiger partial charge in [-0.1, -0.05) is 12.1 Å². The fourth-order valence-corrected chi connectivity index (χ4v) is 2.82. The van der Waals surface area contributed by atoms with E-state index in [2.05, 4.69) is 31.0 Å². The summed E-state index contributed by atoms with van der Waals surface area (Å²) < 4.78 is 46.1. The number of halogens is 4. The Morgan fingerprint density at radius 3 is 2.54 bits per heavy atom. The number of aryl methyl sites for hydroxylation is 1. The molecule has 1 atom stereocenters. The van der Waals surface area contributed by atoms with Crippen molar-refractivity contribution in [3.63, 3.8) is 0 Å². The van der Waals surface area contributed by atoms with Crippen molar-refractivity contribution in [2.24, 2.45) is 0 Å². The van der Waals surface area contributed by atoms with Gasteiger partial charge >= 0.3 is 5.92 Å². The third kappa shape index (κ3) is 3.24. The molecule has 0 aliphatic rings. The topological polar surface area (TPSA) is 63.8 Å². The fraction of sp³-hybridized carbons (Fsp3) is 0.235. The monoisotopic (exact) mass is 426 g/mol. The molecule has 0 fully saturated rings. The maximum absolute atomic E-state index is 15.4. The summed E-state index contributed by atoms with van der Waals surface area (Å²) in [5.74, 6) is -4.24. The zero-order valence-corrected chi connectivity index (χ0v) is 15.2. The molecule has 0 spiro atoms. The van der Waals surface area contributed by atoms with E-state index >= 15 is 8.78 Å². The van der Waals surface area contributed by atoms with Gasteiger partial charge in [0.1, 0.15) is 23.7 Å². The van der Waals surface area contributed by atoms with E-state index in [1.165, 1.54) is 30.7 Å². The van der Waals surface area contributed by atoms with Crippen molar-refractivity contribution >= 4 is 15.9 Å². The lowest BCUT2D eigenvalue weighted by atomic mass is 9.85. The Balaban J connectivity index is 2.16. The van der Waals surface area contributed by atoms with Crippen molar-refractivity contribution in [3.8, 4) is 0 Å². The predicted molar refractivity (Wildman–Crippen MR) is 90.9 cm³/mol. The van der Waals surface area contributed by atoms with Gasteiger partial charge in [0.25, 0.3) is 0 Å². The van der Waals surface area contributed by atoms with Gasteiger partial charge in [-0.3, -0.25) is 4.98 Å². The second kappa shape index (κ2) is 6.81. The first-order chi connectivity index (χ1) is 12.2. The first-order valence-electron chi connectivity index (χ1n) is 7.57. The van der Waals surface area contributed by atoms with Crippen LogP contribution in [-0.4, -0.2) is 24.9 Å². The Morgan fingerprint density at radius 1 is 1.19 bits per heavy atom. The minimum atomic E-state index is -3.83. The number of aromatic nitrogens is 4. The molecule has 0 aliphatic carbocycles. The molecule has 0 saturated carbocycles. The number of pyridine rings is 1. The SMILES string of the molecule is Cc1ncnn1CC(O)(c1cccc(F)c1)C(F)(F)c1ccc(Br)cn1. The first kappa shape index (κ1) is 18.5. The highest BCUT2D eigenvalue weighted by Gasteiger charge is 2.56. The van der Waals surface area contributed by atoms with Crippen LogP contribution in [0.5, 0.6) is 0 Å². The van der Waals surface area contributed by atoms with Crippen molar-refractivity contribution in [1.29, 1.82) is 0 Å². The van der Waals surface area contributed by atoms with Crippen LogP contribution in [0.1, 0.15) is 17.1 Å². The van der Waals surface area contributed by atoms with Gasteiger partial charge in [0, 0.05) is 10.7 Å². The second-order valence-corrected chi connectivity index (χ2v) is 6.69. The highest BCUT2D eigenvalue weighted by molar-refractivity contribution is 9.10. The first-order valence-corrected chi connectivity index (χ1v) is 8.36. The highest BCUT2D eigenvalue weighted by Crippen LogP contribution is 2.46. The van der Waals surface area contributed by atoms with Crippen molar-refractivity contribution in [1.82, 2.24) is 19.7 Å². The standard InChI is InChI=1S/C17H14BrF3N4O/c1-11-23-10-24-25(11)9-16(26,12-3-2-4-14(19)7-12)17(20,21)15-6-5-13(18)8-22-15/h2-8,10,26H,9H2,1H3. The number of hydrogen-bond donors (Lipinski definition) is 1. The minimum Gasteiger partial charge on any atom is -0.377 e. The number of hydrogen-bond acceptors (Lipinski definition) is 4. The van der Waals surface area contributed by atoms with Gasteiger partial charge in [0.2, 0.25) is 0 Å². The van der Waals surface area contributed by atoms with E-state index in [4.69, 9.17) is 0 Å². The molecule has 1 N–H and O–H groups in total. The number of rotatable bonds is 5. The van der Waals surface area contributed by atoms with Crippen LogP contribution in [-0.2, 0) is 18.1 Å². The summed E-state index contributed by atoms with van der Waals surface area (Å²) in [6.45, 7) is 0.933. The Morgan fingerprint density at radius 2 is 1.96 bits per heavy atom. The minimum absolute atomic E-state index is 0.290. The number of alkyl halides is 2. The van der Waals surface area contributed by atoms with Crippen LogP contribution < -0.4 is 0 Å². The Hall–Kier alpha value is -2.26. The molecule has 0 saturated heterocycles. The zero-order valence-electron chi connectivity index (χ0n) is 13.6. The van der Waals surface area contributed by atoms with Crippen molar-refractivity contribution in [2.45, 2.75) is 25.0 Å². The van der Waals surface area contributed by atoms with E-state index < -0.39 is 29.6 Å². The van der Waals surface area contributed by atoms with Crippen LogP contribution >= 0.6 is 15.9 Å². The summed E-state index contributed by atoms with van der Waals surface area (Å²) in [4.78, 5) is 7.60. The van der Waals surface area contributed by atoms with Crippen molar-refractivity contribution in [3.05, 3.63) is 76.3 Å². The molecule has 2 aromatic heterocycles. The molecule has 1 aromatic carbocycles. The molecule has 0 radical (unpaired) electrons. The van der Waals surface area contributed by atoms with Crippen LogP contribution in [0.15, 0.2) is 53.4 Å². The molecule has 26 heavy (non-hydrogen) atoms. The molecule has 5 nitrogen and oxygen atoms in total. The normalized spacial score (nSPS) is 14.2. The summed E-state index contributed by atoms with van der Waals surface area (Å²) in [6, 6.07) is 6.97. The lowest BCUT2D eigenvalue weighted by Crippen LogP contribution is -2.47. The van der Waals surface area contributed by atoms with E-state index in [0.717, 1.165) is 22.9 Å². The average molecular weight is 427 g/mol. The van der Waals surface area contributed by atoms with E-state index in [9.17, 15) is 9.50 Å². The zero-order chi connectivity index (χ0) is 18.9. The summed E-state index contributed by atoms with van der Waals surface area (Å²) in [5, 5.41) is 15.0. The molecule has 9 heteroatoms. The Labute approximate surface area is 155 Å². The van der Waals surface area contributed by atoms with Crippen LogP contribution in [0.4, 0.5) is 13.2 Å². The maximum Gasteiger partial charge on any atom is 0.323 e. The third-order valence-corrected chi connectivity index (χ3v) is 4.53.